The van der Waals surface area contributed by atoms with Crippen LogP contribution in [-0.2, 0) is 0 Å². The van der Waals surface area contributed by atoms with Crippen molar-refractivity contribution in [3.05, 3.63) is 33.7 Å². The number of phenols is 1. The Morgan fingerprint density at radius 3 is 2.61 bits per heavy atom. The van der Waals surface area contributed by atoms with Gasteiger partial charge in [-0.3, -0.25) is 4.79 Å². The summed E-state index contributed by atoms with van der Waals surface area (Å²) in [6.07, 6.45) is 0. The Labute approximate surface area is 101 Å². The molecular weight excluding hydrogens is 240 g/mol. The SMILES string of the molecule is COc1c(C(=O)O)c(O)cc2oc(C)cc(=O)c12. The first-order chi connectivity index (χ1) is 8.45. The number of rotatable bonds is 2. The summed E-state index contributed by atoms with van der Waals surface area (Å²) in [4.78, 5) is 22.9. The van der Waals surface area contributed by atoms with E-state index in [4.69, 9.17) is 14.3 Å². The monoisotopic (exact) mass is 250 g/mol. The summed E-state index contributed by atoms with van der Waals surface area (Å²) in [6.45, 7) is 1.58. The summed E-state index contributed by atoms with van der Waals surface area (Å²) in [6, 6.07) is 2.32. The van der Waals surface area contributed by atoms with Gasteiger partial charge in [-0.1, -0.05) is 0 Å². The molecule has 18 heavy (non-hydrogen) atoms. The topological polar surface area (TPSA) is 97.0 Å². The predicted molar refractivity (Wildman–Crippen MR) is 62.4 cm³/mol. The fourth-order valence-corrected chi connectivity index (χ4v) is 1.81. The molecule has 1 heterocycles. The van der Waals surface area contributed by atoms with Crippen molar-refractivity contribution in [2.45, 2.75) is 6.92 Å². The van der Waals surface area contributed by atoms with Gasteiger partial charge in [0.2, 0.25) is 0 Å². The van der Waals surface area contributed by atoms with Gasteiger partial charge >= 0.3 is 5.97 Å². The highest BCUT2D eigenvalue weighted by atomic mass is 16.5. The fraction of sp³-hybridized carbons (Fsp3) is 0.167. The molecule has 0 radical (unpaired) electrons. The molecule has 0 bridgehead atoms. The van der Waals surface area contributed by atoms with E-state index in [0.29, 0.717) is 5.76 Å². The first-order valence-electron chi connectivity index (χ1n) is 5.03. The van der Waals surface area contributed by atoms with Crippen molar-refractivity contribution >= 4 is 16.9 Å². The first kappa shape index (κ1) is 12.0. The van der Waals surface area contributed by atoms with Crippen molar-refractivity contribution < 1.29 is 24.2 Å². The number of methoxy groups -OCH3 is 1. The highest BCUT2D eigenvalue weighted by Crippen LogP contribution is 2.34. The Balaban J connectivity index is 3.04. The van der Waals surface area contributed by atoms with Crippen LogP contribution in [0.1, 0.15) is 16.1 Å². The number of fused-ring (bicyclic) bond motifs is 1. The molecular formula is C12H10O6. The lowest BCUT2D eigenvalue weighted by Gasteiger charge is -2.10. The Bertz CT molecular complexity index is 698. The summed E-state index contributed by atoms with van der Waals surface area (Å²) in [5.74, 6) is -1.74. The summed E-state index contributed by atoms with van der Waals surface area (Å²) in [5.41, 5.74) is -0.798. The minimum atomic E-state index is -1.38. The van der Waals surface area contributed by atoms with Crippen molar-refractivity contribution in [2.24, 2.45) is 0 Å². The van der Waals surface area contributed by atoms with E-state index >= 15 is 0 Å². The molecule has 0 fully saturated rings. The average Bonchev–Trinajstić information content (AvgIpc) is 2.25. The van der Waals surface area contributed by atoms with E-state index in [9.17, 15) is 14.7 Å². The molecule has 6 heteroatoms. The molecule has 2 aromatic rings. The van der Waals surface area contributed by atoms with Crippen LogP contribution >= 0.6 is 0 Å². The van der Waals surface area contributed by atoms with Gasteiger partial charge in [0.05, 0.1) is 7.11 Å². The zero-order valence-electron chi connectivity index (χ0n) is 9.68. The third-order valence-electron chi connectivity index (χ3n) is 2.49. The molecule has 0 aliphatic carbocycles. The maximum atomic E-state index is 11.9. The number of ether oxygens (including phenoxy) is 1. The molecule has 2 rings (SSSR count). The number of hydrogen-bond acceptors (Lipinski definition) is 5. The van der Waals surface area contributed by atoms with Gasteiger partial charge in [-0.2, -0.15) is 0 Å². The van der Waals surface area contributed by atoms with Gasteiger partial charge in [-0.15, -0.1) is 0 Å². The second-order valence-electron chi connectivity index (χ2n) is 3.70. The normalized spacial score (nSPS) is 10.6. The van der Waals surface area contributed by atoms with E-state index in [1.54, 1.807) is 6.92 Å². The van der Waals surface area contributed by atoms with Crippen LogP contribution in [0.15, 0.2) is 21.3 Å². The lowest BCUT2D eigenvalue weighted by atomic mass is 10.1. The summed E-state index contributed by atoms with van der Waals surface area (Å²) >= 11 is 0. The minimum absolute atomic E-state index is 0.00157. The minimum Gasteiger partial charge on any atom is -0.507 e. The van der Waals surface area contributed by atoms with E-state index in [1.165, 1.54) is 13.2 Å². The predicted octanol–water partition coefficient (Wildman–Crippen LogP) is 1.51. The molecule has 0 aliphatic rings. The second kappa shape index (κ2) is 4.06. The van der Waals surface area contributed by atoms with Crippen LogP contribution in [-0.4, -0.2) is 23.3 Å². The van der Waals surface area contributed by atoms with Crippen LogP contribution in [0.5, 0.6) is 11.5 Å². The van der Waals surface area contributed by atoms with E-state index in [2.05, 4.69) is 0 Å². The summed E-state index contributed by atoms with van der Waals surface area (Å²) < 4.78 is 10.2. The number of aryl methyl sites for hydroxylation is 1. The number of aromatic hydroxyl groups is 1. The molecule has 0 saturated carbocycles. The average molecular weight is 250 g/mol. The van der Waals surface area contributed by atoms with Gasteiger partial charge in [0.15, 0.2) is 11.2 Å². The van der Waals surface area contributed by atoms with Crippen molar-refractivity contribution in [3.8, 4) is 11.5 Å². The zero-order valence-corrected chi connectivity index (χ0v) is 9.68. The van der Waals surface area contributed by atoms with Crippen LogP contribution in [0, 0.1) is 6.92 Å². The summed E-state index contributed by atoms with van der Waals surface area (Å²) in [7, 11) is 1.22. The lowest BCUT2D eigenvalue weighted by molar-refractivity contribution is 0.0690. The van der Waals surface area contributed by atoms with Gasteiger partial charge in [0.1, 0.15) is 28.0 Å². The number of benzene rings is 1. The Morgan fingerprint density at radius 2 is 2.06 bits per heavy atom. The van der Waals surface area contributed by atoms with Gasteiger partial charge in [0, 0.05) is 12.1 Å². The van der Waals surface area contributed by atoms with Gasteiger partial charge in [-0.25, -0.2) is 4.79 Å². The summed E-state index contributed by atoms with van der Waals surface area (Å²) in [5, 5.41) is 18.7. The molecule has 1 aromatic carbocycles. The van der Waals surface area contributed by atoms with E-state index < -0.39 is 22.7 Å². The van der Waals surface area contributed by atoms with Crippen LogP contribution < -0.4 is 10.2 Å². The molecule has 0 amide bonds. The van der Waals surface area contributed by atoms with Crippen molar-refractivity contribution in [3.63, 3.8) is 0 Å². The van der Waals surface area contributed by atoms with Crippen LogP contribution in [0.3, 0.4) is 0 Å². The zero-order chi connectivity index (χ0) is 13.4. The molecule has 0 aliphatic heterocycles. The first-order valence-corrected chi connectivity index (χ1v) is 5.03. The third kappa shape index (κ3) is 1.67. The second-order valence-corrected chi connectivity index (χ2v) is 3.70. The molecule has 0 saturated heterocycles. The van der Waals surface area contributed by atoms with Gasteiger partial charge in [0.25, 0.3) is 0 Å². The molecule has 0 unspecified atom stereocenters. The third-order valence-corrected chi connectivity index (χ3v) is 2.49. The highest BCUT2D eigenvalue weighted by molar-refractivity contribution is 6.01. The Hall–Kier alpha value is -2.50. The lowest BCUT2D eigenvalue weighted by Crippen LogP contribution is -2.08. The smallest absolute Gasteiger partial charge is 0.343 e. The largest absolute Gasteiger partial charge is 0.507 e. The quantitative estimate of drug-likeness (QED) is 0.838. The van der Waals surface area contributed by atoms with E-state index in [1.807, 2.05) is 0 Å². The molecule has 6 nitrogen and oxygen atoms in total. The van der Waals surface area contributed by atoms with E-state index in [-0.39, 0.29) is 16.7 Å². The number of aromatic carboxylic acids is 1. The number of carbonyl (C=O) groups is 1. The van der Waals surface area contributed by atoms with Gasteiger partial charge < -0.3 is 19.4 Å². The maximum Gasteiger partial charge on any atom is 0.343 e. The molecule has 1 aromatic heterocycles. The fourth-order valence-electron chi connectivity index (χ4n) is 1.81. The standard InChI is InChI=1S/C12H10O6/c1-5-3-6(13)9-8(18-5)4-7(14)10(12(15)16)11(9)17-2/h3-4,14H,1-2H3,(H,15,16). The molecule has 2 N–H and O–H groups in total. The Kier molecular flexibility index (Phi) is 2.70. The van der Waals surface area contributed by atoms with E-state index in [0.717, 1.165) is 6.07 Å². The number of carboxylic acid groups (broad SMARTS) is 1. The Morgan fingerprint density at radius 1 is 1.39 bits per heavy atom. The molecule has 94 valence electrons. The molecule has 0 spiro atoms. The van der Waals surface area contributed by atoms with Crippen LogP contribution in [0.2, 0.25) is 0 Å². The van der Waals surface area contributed by atoms with Crippen LogP contribution in [0.4, 0.5) is 0 Å². The molecule has 0 atom stereocenters. The number of carboxylic acids is 1. The van der Waals surface area contributed by atoms with Crippen molar-refractivity contribution in [1.29, 1.82) is 0 Å². The maximum absolute atomic E-state index is 11.9. The van der Waals surface area contributed by atoms with Crippen molar-refractivity contribution in [1.82, 2.24) is 0 Å². The van der Waals surface area contributed by atoms with Crippen molar-refractivity contribution in [2.75, 3.05) is 7.11 Å². The number of hydrogen-bond donors (Lipinski definition) is 2. The van der Waals surface area contributed by atoms with Gasteiger partial charge in [-0.05, 0) is 6.92 Å². The van der Waals surface area contributed by atoms with Crippen LogP contribution in [0.25, 0.3) is 11.0 Å². The highest BCUT2D eigenvalue weighted by Gasteiger charge is 2.22.